The Bertz CT molecular complexity index is 864. The fourth-order valence-electron chi connectivity index (χ4n) is 2.43. The maximum atomic E-state index is 12.0. The zero-order valence-electron chi connectivity index (χ0n) is 14.7. The Morgan fingerprint density at radius 3 is 2.42 bits per heavy atom. The molecule has 0 unspecified atom stereocenters. The lowest BCUT2D eigenvalue weighted by molar-refractivity contribution is 0.0697. The highest BCUT2D eigenvalue weighted by Crippen LogP contribution is 2.21. The van der Waals surface area contributed by atoms with Crippen molar-refractivity contribution in [1.82, 2.24) is 4.72 Å². The third-order valence-electron chi connectivity index (χ3n) is 3.75. The summed E-state index contributed by atoms with van der Waals surface area (Å²) in [5, 5.41) is 12.4. The zero-order valence-corrected chi connectivity index (χ0v) is 15.5. The summed E-state index contributed by atoms with van der Waals surface area (Å²) in [6.07, 6.45) is 0.681. The highest BCUT2D eigenvalue weighted by atomic mass is 32.2. The summed E-state index contributed by atoms with van der Waals surface area (Å²) in [6, 6.07) is 11.6. The van der Waals surface area contributed by atoms with Gasteiger partial charge in [0.15, 0.2) is 0 Å². The van der Waals surface area contributed by atoms with Crippen LogP contribution in [0.15, 0.2) is 47.4 Å². The molecule has 0 amide bonds. The summed E-state index contributed by atoms with van der Waals surface area (Å²) in [6.45, 7) is 2.39. The molecule has 3 N–H and O–H groups in total. The molecule has 26 heavy (non-hydrogen) atoms. The Kier molecular flexibility index (Phi) is 6.59. The molecule has 0 fully saturated rings. The first-order valence-corrected chi connectivity index (χ1v) is 9.59. The second-order valence-electron chi connectivity index (χ2n) is 5.54. The van der Waals surface area contributed by atoms with E-state index in [4.69, 9.17) is 4.74 Å². The monoisotopic (exact) mass is 378 g/mol. The maximum absolute atomic E-state index is 12.0. The highest BCUT2D eigenvalue weighted by Gasteiger charge is 2.18. The van der Waals surface area contributed by atoms with E-state index in [1.165, 1.54) is 12.1 Å². The first-order valence-electron chi connectivity index (χ1n) is 8.11. The fraction of sp³-hybridized carbons (Fsp3) is 0.278. The Balaban J connectivity index is 2.11. The number of ether oxygens (including phenoxy) is 1. The quantitative estimate of drug-likeness (QED) is 0.619. The van der Waals surface area contributed by atoms with Crippen molar-refractivity contribution in [2.24, 2.45) is 0 Å². The number of carboxylic acids is 1. The summed E-state index contributed by atoms with van der Waals surface area (Å²) >= 11 is 0. The van der Waals surface area contributed by atoms with Crippen molar-refractivity contribution in [3.8, 4) is 5.75 Å². The molecule has 0 saturated carbocycles. The van der Waals surface area contributed by atoms with E-state index in [-0.39, 0.29) is 17.0 Å². The minimum atomic E-state index is -3.71. The van der Waals surface area contributed by atoms with E-state index in [2.05, 4.69) is 10.0 Å². The molecule has 0 atom stereocenters. The van der Waals surface area contributed by atoms with Gasteiger partial charge < -0.3 is 15.2 Å². The van der Waals surface area contributed by atoms with Crippen LogP contribution in [0.4, 0.5) is 5.69 Å². The molecule has 0 aliphatic heterocycles. The van der Waals surface area contributed by atoms with E-state index in [0.717, 1.165) is 17.4 Å². The van der Waals surface area contributed by atoms with Crippen molar-refractivity contribution in [2.75, 3.05) is 25.5 Å². The molecule has 0 aliphatic carbocycles. The van der Waals surface area contributed by atoms with Crippen LogP contribution in [0.1, 0.15) is 22.8 Å². The molecule has 2 rings (SSSR count). The zero-order chi connectivity index (χ0) is 19.2. The van der Waals surface area contributed by atoms with Crippen LogP contribution in [0, 0.1) is 0 Å². The van der Waals surface area contributed by atoms with Crippen molar-refractivity contribution in [1.29, 1.82) is 0 Å². The number of hydrogen-bond acceptors (Lipinski definition) is 5. The van der Waals surface area contributed by atoms with E-state index in [0.29, 0.717) is 18.7 Å². The van der Waals surface area contributed by atoms with Crippen LogP contribution in [0.2, 0.25) is 0 Å². The second kappa shape index (κ2) is 8.68. The number of anilines is 1. The van der Waals surface area contributed by atoms with Crippen molar-refractivity contribution in [3.63, 3.8) is 0 Å². The lowest BCUT2D eigenvalue weighted by atomic mass is 10.1. The van der Waals surface area contributed by atoms with Gasteiger partial charge in [-0.15, -0.1) is 0 Å². The lowest BCUT2D eigenvalue weighted by Crippen LogP contribution is -2.23. The number of aromatic carboxylic acids is 1. The third-order valence-corrected chi connectivity index (χ3v) is 5.30. The maximum Gasteiger partial charge on any atom is 0.337 e. The van der Waals surface area contributed by atoms with E-state index in [1.54, 1.807) is 14.0 Å². The standard InChI is InChI=1S/C18H22N2O5S/c1-3-20-26(23,24)15-8-9-17(16(12-15)18(21)22)19-11-10-13-4-6-14(25-2)7-5-13/h4-9,12,19-20H,3,10-11H2,1-2H3,(H,21,22). The van der Waals surface area contributed by atoms with Crippen LogP contribution in [0.3, 0.4) is 0 Å². The number of rotatable bonds is 9. The molecule has 140 valence electrons. The smallest absolute Gasteiger partial charge is 0.337 e. The average molecular weight is 378 g/mol. The van der Waals surface area contributed by atoms with E-state index < -0.39 is 16.0 Å². The molecular weight excluding hydrogens is 356 g/mol. The minimum Gasteiger partial charge on any atom is -0.497 e. The third kappa shape index (κ3) is 4.96. The molecule has 2 aromatic rings. The van der Waals surface area contributed by atoms with Gasteiger partial charge in [-0.1, -0.05) is 19.1 Å². The number of hydrogen-bond donors (Lipinski definition) is 3. The van der Waals surface area contributed by atoms with Gasteiger partial charge in [-0.2, -0.15) is 0 Å². The second-order valence-corrected chi connectivity index (χ2v) is 7.31. The molecule has 0 radical (unpaired) electrons. The van der Waals surface area contributed by atoms with Crippen molar-refractivity contribution in [3.05, 3.63) is 53.6 Å². The molecule has 0 saturated heterocycles. The molecule has 0 heterocycles. The minimum absolute atomic E-state index is 0.0718. The SMILES string of the molecule is CCNS(=O)(=O)c1ccc(NCCc2ccc(OC)cc2)c(C(=O)O)c1. The summed E-state index contributed by atoms with van der Waals surface area (Å²) in [5.41, 5.74) is 1.36. The number of nitrogens with one attached hydrogen (secondary N) is 2. The summed E-state index contributed by atoms with van der Waals surface area (Å²) in [5.74, 6) is -0.419. The van der Waals surface area contributed by atoms with Gasteiger partial charge in [-0.25, -0.2) is 17.9 Å². The van der Waals surface area contributed by atoms with Crippen LogP contribution in [0.5, 0.6) is 5.75 Å². The number of carboxylic acid groups (broad SMARTS) is 1. The van der Waals surface area contributed by atoms with Gasteiger partial charge in [0.25, 0.3) is 0 Å². The summed E-state index contributed by atoms with van der Waals surface area (Å²) in [7, 11) is -2.11. The summed E-state index contributed by atoms with van der Waals surface area (Å²) < 4.78 is 31.5. The lowest BCUT2D eigenvalue weighted by Gasteiger charge is -2.12. The van der Waals surface area contributed by atoms with Gasteiger partial charge in [-0.05, 0) is 42.3 Å². The van der Waals surface area contributed by atoms with Crippen LogP contribution < -0.4 is 14.8 Å². The topological polar surface area (TPSA) is 105 Å². The van der Waals surface area contributed by atoms with E-state index >= 15 is 0 Å². The number of benzene rings is 2. The Hall–Kier alpha value is -2.58. The van der Waals surface area contributed by atoms with Crippen molar-refractivity contribution >= 4 is 21.7 Å². The molecule has 7 nitrogen and oxygen atoms in total. The van der Waals surface area contributed by atoms with E-state index in [9.17, 15) is 18.3 Å². The molecular formula is C18H22N2O5S. The summed E-state index contributed by atoms with van der Waals surface area (Å²) in [4.78, 5) is 11.4. The van der Waals surface area contributed by atoms with Gasteiger partial charge in [-0.3, -0.25) is 0 Å². The molecule has 0 aromatic heterocycles. The van der Waals surface area contributed by atoms with Crippen molar-refractivity contribution < 1.29 is 23.1 Å². The van der Waals surface area contributed by atoms with Gasteiger partial charge in [0.2, 0.25) is 10.0 Å². The Labute approximate surface area is 153 Å². The Morgan fingerprint density at radius 1 is 1.15 bits per heavy atom. The average Bonchev–Trinajstić information content (AvgIpc) is 2.62. The number of sulfonamides is 1. The molecule has 0 bridgehead atoms. The van der Waals surface area contributed by atoms with Gasteiger partial charge in [0.05, 0.1) is 17.6 Å². The predicted molar refractivity (Wildman–Crippen MR) is 99.5 cm³/mol. The van der Waals surface area contributed by atoms with Gasteiger partial charge >= 0.3 is 5.97 Å². The van der Waals surface area contributed by atoms with Gasteiger partial charge in [0, 0.05) is 18.8 Å². The molecule has 8 heteroatoms. The van der Waals surface area contributed by atoms with E-state index in [1.807, 2.05) is 24.3 Å². The Morgan fingerprint density at radius 2 is 1.85 bits per heavy atom. The van der Waals surface area contributed by atoms with Crippen molar-refractivity contribution in [2.45, 2.75) is 18.2 Å². The van der Waals surface area contributed by atoms with Crippen LogP contribution in [0.25, 0.3) is 0 Å². The molecule has 0 spiro atoms. The van der Waals surface area contributed by atoms with Crippen LogP contribution in [-0.4, -0.2) is 39.7 Å². The normalized spacial score (nSPS) is 11.2. The van der Waals surface area contributed by atoms with Crippen LogP contribution >= 0.6 is 0 Å². The first kappa shape index (κ1) is 19.7. The largest absolute Gasteiger partial charge is 0.497 e. The fourth-order valence-corrected chi connectivity index (χ4v) is 3.50. The van der Waals surface area contributed by atoms with Gasteiger partial charge in [0.1, 0.15) is 5.75 Å². The first-order chi connectivity index (χ1) is 12.4. The predicted octanol–water partition coefficient (Wildman–Crippen LogP) is 2.35. The van der Waals surface area contributed by atoms with Crippen LogP contribution in [-0.2, 0) is 16.4 Å². The number of methoxy groups -OCH3 is 1. The molecule has 0 aliphatic rings. The molecule has 2 aromatic carbocycles. The highest BCUT2D eigenvalue weighted by molar-refractivity contribution is 7.89. The number of carbonyl (C=O) groups is 1.